The maximum Gasteiger partial charge on any atom is 0.277 e. The van der Waals surface area contributed by atoms with Crippen molar-refractivity contribution in [2.75, 3.05) is 18.2 Å². The number of allylic oxidation sites excluding steroid dienone is 1. The third kappa shape index (κ3) is 4.97. The maximum atomic E-state index is 14.1. The quantitative estimate of drug-likeness (QED) is 0.415. The van der Waals surface area contributed by atoms with E-state index in [1.54, 1.807) is 11.0 Å². The Bertz CT molecular complexity index is 1380. The van der Waals surface area contributed by atoms with Crippen LogP contribution in [0.15, 0.2) is 35.8 Å². The number of carbonyl (C=O) groups excluding carboxylic acids is 1. The van der Waals surface area contributed by atoms with Crippen molar-refractivity contribution in [1.82, 2.24) is 19.8 Å². The lowest BCUT2D eigenvalue weighted by atomic mass is 10.1. The van der Waals surface area contributed by atoms with Crippen molar-refractivity contribution in [3.63, 3.8) is 0 Å². The van der Waals surface area contributed by atoms with Crippen LogP contribution in [0.1, 0.15) is 54.2 Å². The van der Waals surface area contributed by atoms with Gasteiger partial charge in [-0.2, -0.15) is 0 Å². The lowest BCUT2D eigenvalue weighted by Crippen LogP contribution is -2.57. The summed E-state index contributed by atoms with van der Waals surface area (Å²) in [6.45, 7) is 8.24. The minimum absolute atomic E-state index is 0.00799. The second kappa shape index (κ2) is 10.8. The first kappa shape index (κ1) is 26.4. The van der Waals surface area contributed by atoms with Crippen LogP contribution in [0.2, 0.25) is 0 Å². The molecule has 0 fully saturated rings. The SMILES string of the molecule is C=CCC[C@@H](CC)N1CN(CC)C(=O)c2c(O)c(=O)c(-c3nnc(Cc4c(F)cc(F)cc4F)s3)cn21. The third-order valence-electron chi connectivity index (χ3n) is 6.36. The van der Waals surface area contributed by atoms with Gasteiger partial charge >= 0.3 is 0 Å². The number of pyridine rings is 1. The molecule has 12 heteroatoms. The average Bonchev–Trinajstić information content (AvgIpc) is 3.33. The molecule has 3 aromatic rings. The molecule has 3 heterocycles. The van der Waals surface area contributed by atoms with Gasteiger partial charge < -0.3 is 10.0 Å². The summed E-state index contributed by atoms with van der Waals surface area (Å²) in [7, 11) is 0. The zero-order valence-corrected chi connectivity index (χ0v) is 21.2. The van der Waals surface area contributed by atoms with Crippen molar-refractivity contribution in [1.29, 1.82) is 0 Å². The largest absolute Gasteiger partial charge is 0.502 e. The zero-order valence-electron chi connectivity index (χ0n) is 20.4. The topological polar surface area (TPSA) is 91.6 Å². The van der Waals surface area contributed by atoms with E-state index in [9.17, 15) is 27.9 Å². The number of carbonyl (C=O) groups is 1. The lowest BCUT2D eigenvalue weighted by molar-refractivity contribution is 0.0684. The molecule has 1 aliphatic heterocycles. The van der Waals surface area contributed by atoms with Crippen LogP contribution in [0.25, 0.3) is 10.6 Å². The fourth-order valence-electron chi connectivity index (χ4n) is 4.34. The van der Waals surface area contributed by atoms with Gasteiger partial charge in [0.05, 0.1) is 5.56 Å². The Kier molecular flexibility index (Phi) is 7.67. The molecule has 37 heavy (non-hydrogen) atoms. The second-order valence-electron chi connectivity index (χ2n) is 8.61. The first-order valence-corrected chi connectivity index (χ1v) is 12.6. The van der Waals surface area contributed by atoms with Crippen LogP contribution in [0.5, 0.6) is 5.75 Å². The molecule has 0 saturated heterocycles. The molecule has 1 atom stereocenters. The van der Waals surface area contributed by atoms with Crippen LogP contribution in [-0.2, 0) is 6.42 Å². The predicted molar refractivity (Wildman–Crippen MR) is 134 cm³/mol. The van der Waals surface area contributed by atoms with Crippen LogP contribution in [-0.4, -0.2) is 50.0 Å². The van der Waals surface area contributed by atoms with Gasteiger partial charge in [0, 0.05) is 42.9 Å². The van der Waals surface area contributed by atoms with Crippen LogP contribution in [0.4, 0.5) is 13.2 Å². The van der Waals surface area contributed by atoms with E-state index >= 15 is 0 Å². The monoisotopic (exact) mass is 533 g/mol. The summed E-state index contributed by atoms with van der Waals surface area (Å²) in [5, 5.41) is 21.0. The summed E-state index contributed by atoms with van der Waals surface area (Å²) in [6, 6.07) is 1.13. The highest BCUT2D eigenvalue weighted by atomic mass is 32.1. The fraction of sp³-hybridized carbons (Fsp3) is 0.360. The number of rotatable bonds is 9. The van der Waals surface area contributed by atoms with Crippen molar-refractivity contribution < 1.29 is 23.1 Å². The van der Waals surface area contributed by atoms with Crippen molar-refractivity contribution in [3.05, 3.63) is 74.9 Å². The molecule has 4 rings (SSSR count). The van der Waals surface area contributed by atoms with Gasteiger partial charge in [0.1, 0.15) is 29.1 Å². The number of amides is 1. The van der Waals surface area contributed by atoms with Gasteiger partial charge in [-0.3, -0.25) is 19.3 Å². The predicted octanol–water partition coefficient (Wildman–Crippen LogP) is 4.20. The van der Waals surface area contributed by atoms with Crippen LogP contribution >= 0.6 is 11.3 Å². The van der Waals surface area contributed by atoms with E-state index in [1.807, 2.05) is 18.9 Å². The van der Waals surface area contributed by atoms with Crippen molar-refractivity contribution in [3.8, 4) is 16.3 Å². The molecule has 1 amide bonds. The molecule has 0 saturated carbocycles. The number of aromatic hydroxyl groups is 1. The summed E-state index contributed by atoms with van der Waals surface area (Å²) in [6.07, 6.45) is 5.16. The second-order valence-corrected chi connectivity index (χ2v) is 9.67. The highest BCUT2D eigenvalue weighted by Gasteiger charge is 2.35. The van der Waals surface area contributed by atoms with E-state index in [4.69, 9.17) is 0 Å². The first-order valence-electron chi connectivity index (χ1n) is 11.8. The summed E-state index contributed by atoms with van der Waals surface area (Å²) in [4.78, 5) is 27.7. The normalized spacial score (nSPS) is 14.1. The fourth-order valence-corrected chi connectivity index (χ4v) is 5.19. The molecule has 1 N–H and O–H groups in total. The Morgan fingerprint density at radius 2 is 1.89 bits per heavy atom. The standard InChI is InChI=1S/C25H26F3N5O3S/c1-4-7-8-15(5-2)33-13-31(6-3)25(36)21-23(35)22(34)17(12-32(21)33)24-30-29-20(37-24)11-16-18(27)9-14(26)10-19(16)28/h4,9-10,12,15,35H,1,5-8,11,13H2,2-3H3/t15-/m1/s1. The number of halogens is 3. The van der Waals surface area contributed by atoms with E-state index in [1.165, 1.54) is 10.9 Å². The van der Waals surface area contributed by atoms with E-state index < -0.39 is 34.5 Å². The summed E-state index contributed by atoms with van der Waals surface area (Å²) >= 11 is 0.910. The Labute approximate surface area is 215 Å². The van der Waals surface area contributed by atoms with E-state index in [2.05, 4.69) is 16.8 Å². The van der Waals surface area contributed by atoms with Crippen LogP contribution in [0, 0.1) is 17.5 Å². The molecule has 2 aromatic heterocycles. The lowest BCUT2D eigenvalue weighted by Gasteiger charge is -2.43. The Balaban J connectivity index is 1.78. The Morgan fingerprint density at radius 1 is 1.19 bits per heavy atom. The molecular weight excluding hydrogens is 507 g/mol. The molecule has 0 unspecified atom stereocenters. The molecule has 0 spiro atoms. The van der Waals surface area contributed by atoms with Gasteiger partial charge in [0.25, 0.3) is 5.91 Å². The average molecular weight is 534 g/mol. The van der Waals surface area contributed by atoms with Crippen LogP contribution in [0.3, 0.4) is 0 Å². The molecule has 1 aromatic carbocycles. The van der Waals surface area contributed by atoms with Crippen molar-refractivity contribution in [2.45, 2.75) is 45.6 Å². The van der Waals surface area contributed by atoms with E-state index in [0.717, 1.165) is 30.6 Å². The first-order chi connectivity index (χ1) is 17.7. The molecule has 196 valence electrons. The summed E-state index contributed by atoms with van der Waals surface area (Å²) < 4.78 is 43.0. The Hall–Kier alpha value is -3.67. The van der Waals surface area contributed by atoms with Crippen molar-refractivity contribution >= 4 is 17.2 Å². The Morgan fingerprint density at radius 3 is 2.51 bits per heavy atom. The molecule has 0 bridgehead atoms. The van der Waals surface area contributed by atoms with Gasteiger partial charge in [-0.25, -0.2) is 13.2 Å². The molecular formula is C25H26F3N5O3S. The summed E-state index contributed by atoms with van der Waals surface area (Å²) in [5.41, 5.74) is -1.33. The van der Waals surface area contributed by atoms with E-state index in [-0.39, 0.29) is 46.0 Å². The number of aromatic nitrogens is 3. The number of benzene rings is 1. The molecule has 0 aliphatic carbocycles. The minimum atomic E-state index is -1.06. The highest BCUT2D eigenvalue weighted by molar-refractivity contribution is 7.14. The maximum absolute atomic E-state index is 14.1. The number of hydrogen-bond donors (Lipinski definition) is 1. The number of fused-ring (bicyclic) bond motifs is 1. The van der Waals surface area contributed by atoms with E-state index in [0.29, 0.717) is 18.7 Å². The summed E-state index contributed by atoms with van der Waals surface area (Å²) in [5.74, 6) is -4.33. The van der Waals surface area contributed by atoms with Gasteiger partial charge in [0.2, 0.25) is 5.43 Å². The van der Waals surface area contributed by atoms with Gasteiger partial charge in [0.15, 0.2) is 16.5 Å². The van der Waals surface area contributed by atoms with Crippen LogP contribution < -0.4 is 10.4 Å². The van der Waals surface area contributed by atoms with Crippen molar-refractivity contribution in [2.24, 2.45) is 0 Å². The van der Waals surface area contributed by atoms with Gasteiger partial charge in [-0.1, -0.05) is 24.3 Å². The minimum Gasteiger partial charge on any atom is -0.502 e. The number of hydrogen-bond acceptors (Lipinski definition) is 7. The van der Waals surface area contributed by atoms with Gasteiger partial charge in [-0.15, -0.1) is 16.8 Å². The zero-order chi connectivity index (χ0) is 26.9. The smallest absolute Gasteiger partial charge is 0.277 e. The van der Waals surface area contributed by atoms with Gasteiger partial charge in [-0.05, 0) is 26.2 Å². The molecule has 8 nitrogen and oxygen atoms in total. The third-order valence-corrected chi connectivity index (χ3v) is 7.31. The molecule has 1 aliphatic rings. The highest BCUT2D eigenvalue weighted by Crippen LogP contribution is 2.30. The molecule has 0 radical (unpaired) electrons. The number of nitrogens with zero attached hydrogens (tertiary/aromatic N) is 5.